The van der Waals surface area contributed by atoms with Crippen LogP contribution < -0.4 is 10.6 Å². The van der Waals surface area contributed by atoms with Gasteiger partial charge in [0.15, 0.2) is 10.8 Å². The summed E-state index contributed by atoms with van der Waals surface area (Å²) in [4.78, 5) is 16.3. The number of aryl methyl sites for hydroxylation is 1. The van der Waals surface area contributed by atoms with Crippen LogP contribution in [-0.4, -0.2) is 30.5 Å². The summed E-state index contributed by atoms with van der Waals surface area (Å²) in [5.41, 5.74) is 0.795. The third kappa shape index (κ3) is 3.08. The van der Waals surface area contributed by atoms with Crippen LogP contribution in [0.2, 0.25) is 0 Å². The van der Waals surface area contributed by atoms with E-state index in [0.29, 0.717) is 12.3 Å². The first kappa shape index (κ1) is 13.3. The Morgan fingerprint density at radius 1 is 1.55 bits per heavy atom. The summed E-state index contributed by atoms with van der Waals surface area (Å²) in [6, 6.07) is 3.82. The molecule has 3 heterocycles. The van der Waals surface area contributed by atoms with Crippen molar-refractivity contribution in [1.82, 2.24) is 15.6 Å². The van der Waals surface area contributed by atoms with Crippen molar-refractivity contribution in [3.63, 3.8) is 0 Å². The van der Waals surface area contributed by atoms with Crippen molar-refractivity contribution in [2.24, 2.45) is 5.92 Å². The molecule has 0 aromatic carbocycles. The minimum absolute atomic E-state index is 0.0318. The summed E-state index contributed by atoms with van der Waals surface area (Å²) >= 11 is 1.50. The highest BCUT2D eigenvalue weighted by Crippen LogP contribution is 2.25. The van der Waals surface area contributed by atoms with Crippen LogP contribution in [0, 0.1) is 12.8 Å². The number of nitrogens with one attached hydrogen (secondary N) is 2. The van der Waals surface area contributed by atoms with E-state index in [1.807, 2.05) is 24.4 Å². The van der Waals surface area contributed by atoms with E-state index in [0.717, 1.165) is 41.9 Å². The van der Waals surface area contributed by atoms with E-state index in [9.17, 15) is 4.79 Å². The van der Waals surface area contributed by atoms with Crippen molar-refractivity contribution in [3.05, 3.63) is 29.0 Å². The lowest BCUT2D eigenvalue weighted by Crippen LogP contribution is -2.48. The fourth-order valence-electron chi connectivity index (χ4n) is 2.03. The SMILES string of the molecule is Cc1ccc(-c2nc(CC(=O)NCC3CNC3)cs2)o1. The normalized spacial score (nSPS) is 15.1. The third-order valence-corrected chi connectivity index (χ3v) is 4.20. The van der Waals surface area contributed by atoms with Crippen LogP contribution >= 0.6 is 11.3 Å². The smallest absolute Gasteiger partial charge is 0.226 e. The molecular formula is C14H17N3O2S. The molecule has 1 fully saturated rings. The Bertz CT molecular complexity index is 601. The van der Waals surface area contributed by atoms with Gasteiger partial charge in [-0.25, -0.2) is 4.98 Å². The van der Waals surface area contributed by atoms with Gasteiger partial charge in [-0.3, -0.25) is 4.79 Å². The lowest BCUT2D eigenvalue weighted by Gasteiger charge is -2.26. The first-order valence-electron chi connectivity index (χ1n) is 6.69. The summed E-state index contributed by atoms with van der Waals surface area (Å²) in [5, 5.41) is 8.87. The van der Waals surface area contributed by atoms with Crippen LogP contribution in [0.1, 0.15) is 11.5 Å². The van der Waals surface area contributed by atoms with Gasteiger partial charge in [0.2, 0.25) is 5.91 Å². The van der Waals surface area contributed by atoms with E-state index in [2.05, 4.69) is 15.6 Å². The van der Waals surface area contributed by atoms with E-state index in [-0.39, 0.29) is 5.91 Å². The summed E-state index contributed by atoms with van der Waals surface area (Å²) in [6.07, 6.45) is 0.330. The molecule has 0 saturated carbocycles. The Hall–Kier alpha value is -1.66. The van der Waals surface area contributed by atoms with Gasteiger partial charge in [0.1, 0.15) is 5.76 Å². The van der Waals surface area contributed by atoms with Crippen LogP contribution in [0.15, 0.2) is 21.9 Å². The molecule has 0 bridgehead atoms. The number of amides is 1. The third-order valence-electron chi connectivity index (χ3n) is 3.30. The molecule has 0 atom stereocenters. The average molecular weight is 291 g/mol. The highest BCUT2D eigenvalue weighted by molar-refractivity contribution is 7.13. The molecule has 1 saturated heterocycles. The molecular weight excluding hydrogens is 274 g/mol. The van der Waals surface area contributed by atoms with Crippen LogP contribution in [-0.2, 0) is 11.2 Å². The lowest BCUT2D eigenvalue weighted by molar-refractivity contribution is -0.120. The predicted octanol–water partition coefficient (Wildman–Crippen LogP) is 1.59. The molecule has 1 aliphatic heterocycles. The maximum absolute atomic E-state index is 11.8. The summed E-state index contributed by atoms with van der Waals surface area (Å²) < 4.78 is 5.53. The van der Waals surface area contributed by atoms with Gasteiger partial charge in [-0.2, -0.15) is 0 Å². The zero-order valence-electron chi connectivity index (χ0n) is 11.3. The van der Waals surface area contributed by atoms with E-state index < -0.39 is 0 Å². The van der Waals surface area contributed by atoms with Gasteiger partial charge < -0.3 is 15.1 Å². The molecule has 0 aliphatic carbocycles. The Morgan fingerprint density at radius 2 is 2.40 bits per heavy atom. The van der Waals surface area contributed by atoms with Gasteiger partial charge in [0.05, 0.1) is 12.1 Å². The highest BCUT2D eigenvalue weighted by Gasteiger charge is 2.17. The zero-order chi connectivity index (χ0) is 13.9. The summed E-state index contributed by atoms with van der Waals surface area (Å²) in [5.74, 6) is 2.24. The highest BCUT2D eigenvalue weighted by atomic mass is 32.1. The van der Waals surface area contributed by atoms with Crippen LogP contribution in [0.4, 0.5) is 0 Å². The fraction of sp³-hybridized carbons (Fsp3) is 0.429. The molecule has 3 rings (SSSR count). The lowest BCUT2D eigenvalue weighted by atomic mass is 10.0. The molecule has 0 spiro atoms. The van der Waals surface area contributed by atoms with Crippen LogP contribution in [0.5, 0.6) is 0 Å². The van der Waals surface area contributed by atoms with Crippen molar-refractivity contribution in [1.29, 1.82) is 0 Å². The van der Waals surface area contributed by atoms with Crippen molar-refractivity contribution in [2.75, 3.05) is 19.6 Å². The van der Waals surface area contributed by atoms with E-state index in [4.69, 9.17) is 4.42 Å². The monoisotopic (exact) mass is 291 g/mol. The Kier molecular flexibility index (Phi) is 3.84. The molecule has 5 nitrogen and oxygen atoms in total. The summed E-state index contributed by atoms with van der Waals surface area (Å²) in [6.45, 7) is 4.65. The first-order valence-corrected chi connectivity index (χ1v) is 7.57. The predicted molar refractivity (Wildman–Crippen MR) is 77.6 cm³/mol. The van der Waals surface area contributed by atoms with Gasteiger partial charge in [-0.05, 0) is 19.1 Å². The number of hydrogen-bond acceptors (Lipinski definition) is 5. The topological polar surface area (TPSA) is 67.2 Å². The van der Waals surface area contributed by atoms with Crippen LogP contribution in [0.3, 0.4) is 0 Å². The average Bonchev–Trinajstić information content (AvgIpc) is 2.96. The number of hydrogen-bond donors (Lipinski definition) is 2. The minimum atomic E-state index is 0.0318. The molecule has 6 heteroatoms. The maximum Gasteiger partial charge on any atom is 0.226 e. The Balaban J connectivity index is 1.55. The molecule has 20 heavy (non-hydrogen) atoms. The fourth-order valence-corrected chi connectivity index (χ4v) is 2.81. The molecule has 106 valence electrons. The van der Waals surface area contributed by atoms with Crippen LogP contribution in [0.25, 0.3) is 10.8 Å². The van der Waals surface area contributed by atoms with Gasteiger partial charge in [-0.1, -0.05) is 0 Å². The number of rotatable bonds is 5. The Labute approximate surface area is 121 Å². The number of nitrogens with zero attached hydrogens (tertiary/aromatic N) is 1. The molecule has 1 amide bonds. The number of furan rings is 1. The standard InChI is InChI=1S/C14H17N3O2S/c1-9-2-3-12(19-9)14-17-11(8-20-14)4-13(18)16-7-10-5-15-6-10/h2-3,8,10,15H,4-7H2,1H3,(H,16,18). The van der Waals surface area contributed by atoms with Crippen molar-refractivity contribution < 1.29 is 9.21 Å². The second-order valence-electron chi connectivity index (χ2n) is 5.06. The maximum atomic E-state index is 11.8. The zero-order valence-corrected chi connectivity index (χ0v) is 12.1. The van der Waals surface area contributed by atoms with Crippen molar-refractivity contribution in [3.8, 4) is 10.8 Å². The Morgan fingerprint density at radius 3 is 3.05 bits per heavy atom. The first-order chi connectivity index (χ1) is 9.70. The van der Waals surface area contributed by atoms with Crippen molar-refractivity contribution in [2.45, 2.75) is 13.3 Å². The van der Waals surface area contributed by atoms with E-state index in [1.165, 1.54) is 11.3 Å². The number of carbonyl (C=O) groups excluding carboxylic acids is 1. The molecule has 2 N–H and O–H groups in total. The van der Waals surface area contributed by atoms with Crippen molar-refractivity contribution >= 4 is 17.2 Å². The van der Waals surface area contributed by atoms with Gasteiger partial charge in [0.25, 0.3) is 0 Å². The van der Waals surface area contributed by atoms with E-state index >= 15 is 0 Å². The molecule has 2 aromatic heterocycles. The number of aromatic nitrogens is 1. The number of carbonyl (C=O) groups is 1. The molecule has 0 unspecified atom stereocenters. The quantitative estimate of drug-likeness (QED) is 0.878. The molecule has 1 aliphatic rings. The van der Waals surface area contributed by atoms with Gasteiger partial charge in [0, 0.05) is 30.9 Å². The molecule has 2 aromatic rings. The second-order valence-corrected chi connectivity index (χ2v) is 5.92. The van der Waals surface area contributed by atoms with Gasteiger partial charge in [-0.15, -0.1) is 11.3 Å². The largest absolute Gasteiger partial charge is 0.459 e. The van der Waals surface area contributed by atoms with Gasteiger partial charge >= 0.3 is 0 Å². The number of thiazole rings is 1. The van der Waals surface area contributed by atoms with E-state index in [1.54, 1.807) is 0 Å². The summed E-state index contributed by atoms with van der Waals surface area (Å²) in [7, 11) is 0. The molecule has 0 radical (unpaired) electrons. The second kappa shape index (κ2) is 5.76. The minimum Gasteiger partial charge on any atom is -0.459 e.